The number of alkyl halides is 2. The molecule has 1 aromatic rings. The highest BCUT2D eigenvalue weighted by Gasteiger charge is 2.34. The fourth-order valence-electron chi connectivity index (χ4n) is 1.62. The molecule has 5 nitrogen and oxygen atoms in total. The second-order valence-electron chi connectivity index (χ2n) is 4.27. The van der Waals surface area contributed by atoms with Gasteiger partial charge >= 0.3 is 0 Å². The van der Waals surface area contributed by atoms with E-state index in [0.29, 0.717) is 17.8 Å². The molecule has 0 saturated carbocycles. The highest BCUT2D eigenvalue weighted by molar-refractivity contribution is 7.89. The van der Waals surface area contributed by atoms with Crippen LogP contribution in [-0.4, -0.2) is 35.9 Å². The Morgan fingerprint density at radius 2 is 1.89 bits per heavy atom. The van der Waals surface area contributed by atoms with Crippen molar-refractivity contribution in [3.05, 3.63) is 11.4 Å². The predicted molar refractivity (Wildman–Crippen MR) is 72.8 cm³/mol. The van der Waals surface area contributed by atoms with Crippen LogP contribution in [0, 0.1) is 13.8 Å². The van der Waals surface area contributed by atoms with Crippen molar-refractivity contribution in [3.8, 4) is 0 Å². The smallest absolute Gasteiger partial charge is 0.244 e. The van der Waals surface area contributed by atoms with Gasteiger partial charge < -0.3 is 0 Å². The Morgan fingerprint density at radius 3 is 2.22 bits per heavy atom. The third-order valence-corrected chi connectivity index (χ3v) is 5.73. The standard InChI is InChI=1S/C10H17Cl2N3O2S/c1-4-10(5-11,6-12)15-18(16,17)9-7(2)13-14-8(9)3/h15H,4-6H2,1-3H3,(H,13,14). The van der Waals surface area contributed by atoms with Crippen molar-refractivity contribution < 1.29 is 8.42 Å². The van der Waals surface area contributed by atoms with Gasteiger partial charge in [0.15, 0.2) is 0 Å². The van der Waals surface area contributed by atoms with E-state index in [1.807, 2.05) is 6.92 Å². The van der Waals surface area contributed by atoms with E-state index in [2.05, 4.69) is 14.9 Å². The van der Waals surface area contributed by atoms with Crippen molar-refractivity contribution in [2.75, 3.05) is 11.8 Å². The van der Waals surface area contributed by atoms with Gasteiger partial charge in [0.25, 0.3) is 0 Å². The van der Waals surface area contributed by atoms with Gasteiger partial charge in [-0.3, -0.25) is 5.10 Å². The minimum absolute atomic E-state index is 0.113. The summed E-state index contributed by atoms with van der Waals surface area (Å²) in [5.74, 6) is 0.227. The van der Waals surface area contributed by atoms with Gasteiger partial charge in [0.05, 0.1) is 16.9 Å². The summed E-state index contributed by atoms with van der Waals surface area (Å²) in [6.07, 6.45) is 0.509. The van der Waals surface area contributed by atoms with Crippen LogP contribution in [0.4, 0.5) is 0 Å². The molecule has 0 fully saturated rings. The molecule has 0 aliphatic rings. The zero-order valence-corrected chi connectivity index (χ0v) is 12.9. The third kappa shape index (κ3) is 2.99. The molecule has 0 bridgehead atoms. The van der Waals surface area contributed by atoms with Crippen LogP contribution in [0.5, 0.6) is 0 Å². The Morgan fingerprint density at radius 1 is 1.33 bits per heavy atom. The van der Waals surface area contributed by atoms with E-state index in [9.17, 15) is 8.42 Å². The summed E-state index contributed by atoms with van der Waals surface area (Å²) in [4.78, 5) is 0.163. The molecule has 0 atom stereocenters. The van der Waals surface area contributed by atoms with Gasteiger partial charge in [-0.15, -0.1) is 23.2 Å². The number of halogens is 2. The van der Waals surface area contributed by atoms with Gasteiger partial charge in [0.1, 0.15) is 4.90 Å². The lowest BCUT2D eigenvalue weighted by Gasteiger charge is -2.29. The lowest BCUT2D eigenvalue weighted by molar-refractivity contribution is 0.449. The Bertz CT molecular complexity index is 481. The van der Waals surface area contributed by atoms with Crippen molar-refractivity contribution in [2.24, 2.45) is 0 Å². The zero-order chi connectivity index (χ0) is 14.0. The van der Waals surface area contributed by atoms with E-state index in [1.54, 1.807) is 13.8 Å². The fourth-order valence-corrected chi connectivity index (χ4v) is 4.42. The number of nitrogens with one attached hydrogen (secondary N) is 2. The molecule has 0 saturated heterocycles. The first kappa shape index (κ1) is 15.8. The second kappa shape index (κ2) is 5.77. The summed E-state index contributed by atoms with van der Waals surface area (Å²) >= 11 is 11.7. The van der Waals surface area contributed by atoms with E-state index >= 15 is 0 Å². The first-order chi connectivity index (χ1) is 8.32. The Balaban J connectivity index is 3.17. The minimum Gasteiger partial charge on any atom is -0.281 e. The summed E-state index contributed by atoms with van der Waals surface area (Å²) in [6, 6.07) is 0. The molecule has 1 rings (SSSR count). The Kier molecular flexibility index (Phi) is 5.05. The molecule has 1 aromatic heterocycles. The molecule has 104 valence electrons. The highest BCUT2D eigenvalue weighted by atomic mass is 35.5. The largest absolute Gasteiger partial charge is 0.281 e. The summed E-state index contributed by atoms with van der Waals surface area (Å²) in [5, 5.41) is 6.53. The van der Waals surface area contributed by atoms with Gasteiger partial charge in [0, 0.05) is 11.8 Å². The number of aromatic amines is 1. The van der Waals surface area contributed by atoms with Crippen LogP contribution < -0.4 is 4.72 Å². The zero-order valence-electron chi connectivity index (χ0n) is 10.5. The maximum Gasteiger partial charge on any atom is 0.244 e. The highest BCUT2D eigenvalue weighted by Crippen LogP contribution is 2.22. The van der Waals surface area contributed by atoms with Crippen LogP contribution in [0.3, 0.4) is 0 Å². The van der Waals surface area contributed by atoms with Crippen molar-refractivity contribution >= 4 is 33.2 Å². The monoisotopic (exact) mass is 313 g/mol. The molecule has 0 aliphatic heterocycles. The van der Waals surface area contributed by atoms with Crippen LogP contribution in [-0.2, 0) is 10.0 Å². The van der Waals surface area contributed by atoms with E-state index in [4.69, 9.17) is 23.2 Å². The van der Waals surface area contributed by atoms with Gasteiger partial charge in [0.2, 0.25) is 10.0 Å². The SMILES string of the molecule is CCC(CCl)(CCl)NS(=O)(=O)c1c(C)n[nH]c1C. The van der Waals surface area contributed by atoms with Crippen molar-refractivity contribution in [1.29, 1.82) is 0 Å². The molecular weight excluding hydrogens is 297 g/mol. The number of rotatable bonds is 6. The average molecular weight is 314 g/mol. The van der Waals surface area contributed by atoms with E-state index in [1.165, 1.54) is 0 Å². The predicted octanol–water partition coefficient (Wildman–Crippen LogP) is 1.93. The number of hydrogen-bond acceptors (Lipinski definition) is 3. The number of H-pyrrole nitrogens is 1. The summed E-state index contributed by atoms with van der Waals surface area (Å²) in [6.45, 7) is 5.12. The average Bonchev–Trinajstić information content (AvgIpc) is 2.67. The van der Waals surface area contributed by atoms with Crippen LogP contribution in [0.15, 0.2) is 4.90 Å². The van der Waals surface area contributed by atoms with Gasteiger partial charge in [-0.25, -0.2) is 13.1 Å². The number of aromatic nitrogens is 2. The summed E-state index contributed by atoms with van der Waals surface area (Å²) in [5.41, 5.74) is 0.0845. The van der Waals surface area contributed by atoms with Gasteiger partial charge in [-0.2, -0.15) is 5.10 Å². The maximum absolute atomic E-state index is 12.3. The molecule has 0 aliphatic carbocycles. The van der Waals surface area contributed by atoms with Crippen LogP contribution >= 0.6 is 23.2 Å². The molecule has 8 heteroatoms. The van der Waals surface area contributed by atoms with Crippen LogP contribution in [0.1, 0.15) is 24.7 Å². The lowest BCUT2D eigenvalue weighted by atomic mass is 10.0. The lowest BCUT2D eigenvalue weighted by Crippen LogP contribution is -2.51. The Hall–Kier alpha value is -0.300. The molecule has 2 N–H and O–H groups in total. The van der Waals surface area contributed by atoms with Crippen LogP contribution in [0.25, 0.3) is 0 Å². The summed E-state index contributed by atoms with van der Waals surface area (Å²) in [7, 11) is -3.68. The number of sulfonamides is 1. The molecule has 1 heterocycles. The first-order valence-corrected chi connectivity index (χ1v) is 8.04. The fraction of sp³-hybridized carbons (Fsp3) is 0.700. The topological polar surface area (TPSA) is 74.8 Å². The van der Waals surface area contributed by atoms with Crippen molar-refractivity contribution in [2.45, 2.75) is 37.6 Å². The maximum atomic E-state index is 12.3. The molecule has 0 amide bonds. The molecule has 0 unspecified atom stereocenters. The number of hydrogen-bond donors (Lipinski definition) is 2. The summed E-state index contributed by atoms with van der Waals surface area (Å²) < 4.78 is 27.3. The van der Waals surface area contributed by atoms with Gasteiger partial charge in [-0.05, 0) is 20.3 Å². The van der Waals surface area contributed by atoms with Crippen molar-refractivity contribution in [1.82, 2.24) is 14.9 Å². The molecule has 0 spiro atoms. The normalized spacial score (nSPS) is 12.9. The van der Waals surface area contributed by atoms with Crippen LogP contribution in [0.2, 0.25) is 0 Å². The quantitative estimate of drug-likeness (QED) is 0.788. The minimum atomic E-state index is -3.68. The number of nitrogens with zero attached hydrogens (tertiary/aromatic N) is 1. The van der Waals surface area contributed by atoms with Crippen molar-refractivity contribution in [3.63, 3.8) is 0 Å². The third-order valence-electron chi connectivity index (χ3n) is 2.87. The molecule has 0 aromatic carbocycles. The molecular formula is C10H17Cl2N3O2S. The van der Waals surface area contributed by atoms with E-state index < -0.39 is 15.6 Å². The Labute approximate surface area is 117 Å². The number of aryl methyl sites for hydroxylation is 2. The van der Waals surface area contributed by atoms with E-state index in [-0.39, 0.29) is 16.7 Å². The first-order valence-electron chi connectivity index (χ1n) is 5.49. The molecule has 18 heavy (non-hydrogen) atoms. The second-order valence-corrected chi connectivity index (χ2v) is 6.42. The van der Waals surface area contributed by atoms with Gasteiger partial charge in [-0.1, -0.05) is 6.92 Å². The molecule has 0 radical (unpaired) electrons. The van der Waals surface area contributed by atoms with E-state index in [0.717, 1.165) is 0 Å².